The number of nitrogens with zero attached hydrogens (tertiary/aromatic N) is 4. The lowest BCUT2D eigenvalue weighted by Crippen LogP contribution is -2.45. The molecule has 7 heteroatoms. The summed E-state index contributed by atoms with van der Waals surface area (Å²) in [6, 6.07) is 1.96. The van der Waals surface area contributed by atoms with E-state index in [9.17, 15) is 4.79 Å². The molecule has 1 atom stereocenters. The Balaban J connectivity index is 1.59. The number of fused-ring (bicyclic) bond motifs is 1. The van der Waals surface area contributed by atoms with E-state index in [0.717, 1.165) is 48.4 Å². The highest BCUT2D eigenvalue weighted by molar-refractivity contribution is 6.06. The predicted octanol–water partition coefficient (Wildman–Crippen LogP) is 1.21. The van der Waals surface area contributed by atoms with E-state index in [0.29, 0.717) is 24.6 Å². The molecular weight excluding hydrogens is 318 g/mol. The Morgan fingerprint density at radius 1 is 1.40 bits per heavy atom. The van der Waals surface area contributed by atoms with Crippen LogP contribution < -0.4 is 5.32 Å². The molecule has 7 nitrogen and oxygen atoms in total. The molecule has 0 radical (unpaired) electrons. The van der Waals surface area contributed by atoms with Crippen molar-refractivity contribution in [3.8, 4) is 0 Å². The SMILES string of the molecule is Cc1nn(C)c2nc(C3CC3)cc(C(=O)NC[C@H]3CN(C)CCO3)c12. The zero-order valence-corrected chi connectivity index (χ0v) is 15.1. The van der Waals surface area contributed by atoms with E-state index in [-0.39, 0.29) is 12.0 Å². The third-order valence-corrected chi connectivity index (χ3v) is 5.06. The molecule has 2 aliphatic rings. The number of nitrogens with one attached hydrogen (secondary N) is 1. The average molecular weight is 343 g/mol. The molecule has 2 aromatic rings. The molecule has 1 saturated heterocycles. The quantitative estimate of drug-likeness (QED) is 0.904. The number of morpholine rings is 1. The molecule has 25 heavy (non-hydrogen) atoms. The van der Waals surface area contributed by atoms with E-state index in [1.807, 2.05) is 20.0 Å². The van der Waals surface area contributed by atoms with Crippen molar-refractivity contribution in [1.82, 2.24) is 25.0 Å². The van der Waals surface area contributed by atoms with Gasteiger partial charge in [0.25, 0.3) is 5.91 Å². The second kappa shape index (κ2) is 6.38. The van der Waals surface area contributed by atoms with Gasteiger partial charge in [-0.2, -0.15) is 5.10 Å². The number of carbonyl (C=O) groups is 1. The van der Waals surface area contributed by atoms with Crippen molar-refractivity contribution in [1.29, 1.82) is 0 Å². The fourth-order valence-electron chi connectivity index (χ4n) is 3.52. The van der Waals surface area contributed by atoms with Gasteiger partial charge in [0.15, 0.2) is 5.65 Å². The van der Waals surface area contributed by atoms with Crippen molar-refractivity contribution in [3.05, 3.63) is 23.0 Å². The zero-order valence-electron chi connectivity index (χ0n) is 15.1. The number of ether oxygens (including phenoxy) is 1. The van der Waals surface area contributed by atoms with Crippen molar-refractivity contribution < 1.29 is 9.53 Å². The second-order valence-electron chi connectivity index (χ2n) is 7.24. The van der Waals surface area contributed by atoms with E-state index >= 15 is 0 Å². The maximum Gasteiger partial charge on any atom is 0.252 e. The van der Waals surface area contributed by atoms with Crippen molar-refractivity contribution in [2.24, 2.45) is 7.05 Å². The van der Waals surface area contributed by atoms with Crippen molar-refractivity contribution in [3.63, 3.8) is 0 Å². The van der Waals surface area contributed by atoms with Crippen LogP contribution >= 0.6 is 0 Å². The van der Waals surface area contributed by atoms with Crippen LogP contribution in [0.4, 0.5) is 0 Å². The van der Waals surface area contributed by atoms with E-state index in [4.69, 9.17) is 9.72 Å². The Labute approximate surface area is 147 Å². The molecule has 0 aromatic carbocycles. The molecule has 1 N–H and O–H groups in total. The van der Waals surface area contributed by atoms with E-state index in [1.165, 1.54) is 0 Å². The summed E-state index contributed by atoms with van der Waals surface area (Å²) in [5.41, 5.74) is 3.32. The average Bonchev–Trinajstić information content (AvgIpc) is 3.39. The maximum absolute atomic E-state index is 12.9. The Bertz CT molecular complexity index is 811. The molecular formula is C18H25N5O2. The third-order valence-electron chi connectivity index (χ3n) is 5.06. The molecule has 1 aliphatic heterocycles. The van der Waals surface area contributed by atoms with Crippen LogP contribution in [0.15, 0.2) is 6.07 Å². The second-order valence-corrected chi connectivity index (χ2v) is 7.24. The number of rotatable bonds is 4. The lowest BCUT2D eigenvalue weighted by atomic mass is 10.1. The van der Waals surface area contributed by atoms with Crippen LogP contribution in [0.5, 0.6) is 0 Å². The van der Waals surface area contributed by atoms with E-state index < -0.39 is 0 Å². The summed E-state index contributed by atoms with van der Waals surface area (Å²) >= 11 is 0. The summed E-state index contributed by atoms with van der Waals surface area (Å²) in [5.74, 6) is 0.420. The van der Waals surface area contributed by atoms with Gasteiger partial charge in [-0.3, -0.25) is 9.48 Å². The van der Waals surface area contributed by atoms with Gasteiger partial charge in [-0.25, -0.2) is 4.98 Å². The Morgan fingerprint density at radius 3 is 2.92 bits per heavy atom. The fraction of sp³-hybridized carbons (Fsp3) is 0.611. The van der Waals surface area contributed by atoms with Gasteiger partial charge >= 0.3 is 0 Å². The van der Waals surface area contributed by atoms with Gasteiger partial charge in [-0.15, -0.1) is 0 Å². The highest BCUT2D eigenvalue weighted by Gasteiger charge is 2.28. The molecule has 1 amide bonds. The first-order valence-electron chi connectivity index (χ1n) is 8.95. The summed E-state index contributed by atoms with van der Waals surface area (Å²) in [5, 5.41) is 8.36. The molecule has 0 spiro atoms. The van der Waals surface area contributed by atoms with Crippen molar-refractivity contribution >= 4 is 16.9 Å². The summed E-state index contributed by atoms with van der Waals surface area (Å²) in [6.45, 7) is 4.94. The summed E-state index contributed by atoms with van der Waals surface area (Å²) in [4.78, 5) is 19.9. The molecule has 4 rings (SSSR count). The van der Waals surface area contributed by atoms with Gasteiger partial charge in [-0.1, -0.05) is 0 Å². The molecule has 1 saturated carbocycles. The standard InChI is InChI=1S/C18H25N5O2/c1-11-16-14(18(24)19-9-13-10-22(2)6-7-25-13)8-15(12-4-5-12)20-17(16)23(3)21-11/h8,12-13H,4-7,9-10H2,1-3H3,(H,19,24)/t13-/m0/s1. The first-order valence-corrected chi connectivity index (χ1v) is 8.95. The number of aromatic nitrogens is 3. The van der Waals surface area contributed by atoms with Gasteiger partial charge in [0, 0.05) is 38.3 Å². The lowest BCUT2D eigenvalue weighted by molar-refractivity contribution is -0.0174. The molecule has 1 aliphatic carbocycles. The van der Waals surface area contributed by atoms with Crippen LogP contribution in [0, 0.1) is 6.92 Å². The number of aryl methyl sites for hydroxylation is 2. The number of amides is 1. The Morgan fingerprint density at radius 2 is 2.20 bits per heavy atom. The largest absolute Gasteiger partial charge is 0.374 e. The highest BCUT2D eigenvalue weighted by Crippen LogP contribution is 2.40. The van der Waals surface area contributed by atoms with Crippen molar-refractivity contribution in [2.45, 2.75) is 31.8 Å². The van der Waals surface area contributed by atoms with Gasteiger partial charge in [0.1, 0.15) is 0 Å². The smallest absolute Gasteiger partial charge is 0.252 e. The summed E-state index contributed by atoms with van der Waals surface area (Å²) < 4.78 is 7.51. The topological polar surface area (TPSA) is 72.3 Å². The monoisotopic (exact) mass is 343 g/mol. The minimum Gasteiger partial charge on any atom is -0.374 e. The van der Waals surface area contributed by atoms with E-state index in [1.54, 1.807) is 4.68 Å². The van der Waals surface area contributed by atoms with Gasteiger partial charge in [-0.05, 0) is 32.9 Å². The van der Waals surface area contributed by atoms with Crippen LogP contribution in [0.1, 0.15) is 40.5 Å². The zero-order chi connectivity index (χ0) is 17.6. The minimum absolute atomic E-state index is 0.0397. The van der Waals surface area contributed by atoms with Crippen LogP contribution in [0.25, 0.3) is 11.0 Å². The first kappa shape index (κ1) is 16.5. The number of hydrogen-bond acceptors (Lipinski definition) is 5. The number of likely N-dealkylation sites (N-methyl/N-ethyl adjacent to an activating group) is 1. The van der Waals surface area contributed by atoms with Crippen LogP contribution in [-0.4, -0.2) is 65.0 Å². The lowest BCUT2D eigenvalue weighted by Gasteiger charge is -2.30. The van der Waals surface area contributed by atoms with Gasteiger partial charge < -0.3 is 15.0 Å². The highest BCUT2D eigenvalue weighted by atomic mass is 16.5. The first-order chi connectivity index (χ1) is 12.0. The minimum atomic E-state index is -0.0674. The number of pyridine rings is 1. The summed E-state index contributed by atoms with van der Waals surface area (Å²) in [7, 11) is 3.96. The molecule has 2 aromatic heterocycles. The number of carbonyl (C=O) groups excluding carboxylic acids is 1. The summed E-state index contributed by atoms with van der Waals surface area (Å²) in [6.07, 6.45) is 2.34. The molecule has 3 heterocycles. The Kier molecular flexibility index (Phi) is 4.21. The van der Waals surface area contributed by atoms with E-state index in [2.05, 4.69) is 22.4 Å². The molecule has 134 valence electrons. The molecule has 0 bridgehead atoms. The maximum atomic E-state index is 12.9. The van der Waals surface area contributed by atoms with Crippen LogP contribution in [0.3, 0.4) is 0 Å². The predicted molar refractivity (Wildman–Crippen MR) is 94.8 cm³/mol. The van der Waals surface area contributed by atoms with Gasteiger partial charge in [0.05, 0.1) is 29.4 Å². The van der Waals surface area contributed by atoms with Crippen molar-refractivity contribution in [2.75, 3.05) is 33.3 Å². The number of hydrogen-bond donors (Lipinski definition) is 1. The Hall–Kier alpha value is -1.99. The third kappa shape index (κ3) is 3.26. The van der Waals surface area contributed by atoms with Crippen LogP contribution in [-0.2, 0) is 11.8 Å². The molecule has 0 unspecified atom stereocenters. The molecule has 2 fully saturated rings. The van der Waals surface area contributed by atoms with Gasteiger partial charge in [0.2, 0.25) is 0 Å². The normalized spacial score (nSPS) is 21.6. The van der Waals surface area contributed by atoms with Crippen LogP contribution in [0.2, 0.25) is 0 Å². The fourth-order valence-corrected chi connectivity index (χ4v) is 3.52.